The predicted octanol–water partition coefficient (Wildman–Crippen LogP) is 3.28. The third kappa shape index (κ3) is 3.96. The summed E-state index contributed by atoms with van der Waals surface area (Å²) >= 11 is 5.90. The molecule has 0 heterocycles. The first-order chi connectivity index (χ1) is 9.53. The summed E-state index contributed by atoms with van der Waals surface area (Å²) in [4.78, 5) is 0.325. The number of rotatable bonds is 6. The summed E-state index contributed by atoms with van der Waals surface area (Å²) in [6.45, 7) is 2.82. The molecular weight excluding hydrogens is 294 g/mol. The number of sulfone groups is 1. The van der Waals surface area contributed by atoms with Crippen LogP contribution in [0, 0.1) is 5.92 Å². The highest BCUT2D eigenvalue weighted by Crippen LogP contribution is 2.29. The highest BCUT2D eigenvalue weighted by atomic mass is 35.5. The van der Waals surface area contributed by atoms with E-state index in [4.69, 9.17) is 11.6 Å². The Bertz CT molecular complexity index is 539. The third-order valence-electron chi connectivity index (χ3n) is 3.99. The second kappa shape index (κ2) is 6.92. The first kappa shape index (κ1) is 15.8. The monoisotopic (exact) mass is 315 g/mol. The van der Waals surface area contributed by atoms with E-state index in [9.17, 15) is 8.42 Å². The molecule has 3 nitrogen and oxygen atoms in total. The lowest BCUT2D eigenvalue weighted by Gasteiger charge is -2.24. The van der Waals surface area contributed by atoms with E-state index in [2.05, 4.69) is 5.32 Å². The second-order valence-corrected chi connectivity index (χ2v) is 7.92. The average Bonchev–Trinajstić information content (AvgIpc) is 2.92. The number of hydrogen-bond acceptors (Lipinski definition) is 3. The molecule has 1 N–H and O–H groups in total. The SMILES string of the molecule is CCNC(CS(=O)(=O)c1cccc(Cl)c1)C1CCCC1. The van der Waals surface area contributed by atoms with Gasteiger partial charge in [0.1, 0.15) is 0 Å². The van der Waals surface area contributed by atoms with Crippen LogP contribution in [0.5, 0.6) is 0 Å². The minimum absolute atomic E-state index is 0.0477. The van der Waals surface area contributed by atoms with Crippen molar-refractivity contribution in [1.82, 2.24) is 5.32 Å². The minimum atomic E-state index is -3.29. The van der Waals surface area contributed by atoms with Crippen LogP contribution in [0.1, 0.15) is 32.6 Å². The molecule has 0 bridgehead atoms. The van der Waals surface area contributed by atoms with Gasteiger partial charge < -0.3 is 5.32 Å². The maximum Gasteiger partial charge on any atom is 0.179 e. The molecule has 1 fully saturated rings. The van der Waals surface area contributed by atoms with Gasteiger partial charge in [0.05, 0.1) is 10.6 Å². The summed E-state index contributed by atoms with van der Waals surface area (Å²) < 4.78 is 25.1. The van der Waals surface area contributed by atoms with Crippen molar-refractivity contribution in [3.05, 3.63) is 29.3 Å². The van der Waals surface area contributed by atoms with Crippen molar-refractivity contribution in [2.45, 2.75) is 43.5 Å². The molecular formula is C15H22ClNO2S. The van der Waals surface area contributed by atoms with E-state index in [0.717, 1.165) is 19.4 Å². The fourth-order valence-electron chi connectivity index (χ4n) is 2.98. The molecule has 112 valence electrons. The third-order valence-corrected chi connectivity index (χ3v) is 5.99. The molecule has 20 heavy (non-hydrogen) atoms. The van der Waals surface area contributed by atoms with Gasteiger partial charge in [-0.05, 0) is 43.5 Å². The summed E-state index contributed by atoms with van der Waals surface area (Å²) in [5.41, 5.74) is 0. The second-order valence-electron chi connectivity index (χ2n) is 5.45. The van der Waals surface area contributed by atoms with Crippen molar-refractivity contribution >= 4 is 21.4 Å². The van der Waals surface area contributed by atoms with Gasteiger partial charge in [0, 0.05) is 11.1 Å². The lowest BCUT2D eigenvalue weighted by atomic mass is 10.00. The molecule has 1 aliphatic rings. The first-order valence-electron chi connectivity index (χ1n) is 7.24. The van der Waals surface area contributed by atoms with Gasteiger partial charge in [-0.3, -0.25) is 0 Å². The van der Waals surface area contributed by atoms with Crippen LogP contribution in [-0.2, 0) is 9.84 Å². The molecule has 1 aromatic rings. The van der Waals surface area contributed by atoms with Crippen molar-refractivity contribution in [1.29, 1.82) is 0 Å². The van der Waals surface area contributed by atoms with E-state index < -0.39 is 9.84 Å². The smallest absolute Gasteiger partial charge is 0.179 e. The summed E-state index contributed by atoms with van der Waals surface area (Å²) in [7, 11) is -3.29. The summed E-state index contributed by atoms with van der Waals surface area (Å²) in [5.74, 6) is 0.634. The molecule has 1 aromatic carbocycles. The zero-order valence-electron chi connectivity index (χ0n) is 11.8. The minimum Gasteiger partial charge on any atom is -0.313 e. The molecule has 0 saturated heterocycles. The Hall–Kier alpha value is -0.580. The van der Waals surface area contributed by atoms with Crippen molar-refractivity contribution in [3.63, 3.8) is 0 Å². The number of halogens is 1. The van der Waals surface area contributed by atoms with Crippen LogP contribution in [0.4, 0.5) is 0 Å². The summed E-state index contributed by atoms with van der Waals surface area (Å²) in [6, 6.07) is 6.59. The Balaban J connectivity index is 2.15. The van der Waals surface area contributed by atoms with Gasteiger partial charge in [-0.25, -0.2) is 8.42 Å². The van der Waals surface area contributed by atoms with Crippen LogP contribution in [0.15, 0.2) is 29.2 Å². The van der Waals surface area contributed by atoms with Gasteiger partial charge in [0.2, 0.25) is 0 Å². The zero-order valence-corrected chi connectivity index (χ0v) is 13.4. The lowest BCUT2D eigenvalue weighted by Crippen LogP contribution is -2.40. The summed E-state index contributed by atoms with van der Waals surface area (Å²) in [5, 5.41) is 3.82. The maximum absolute atomic E-state index is 12.5. The topological polar surface area (TPSA) is 46.2 Å². The first-order valence-corrected chi connectivity index (χ1v) is 9.27. The largest absolute Gasteiger partial charge is 0.313 e. The molecule has 0 aliphatic heterocycles. The van der Waals surface area contributed by atoms with Crippen molar-refractivity contribution in [3.8, 4) is 0 Å². The predicted molar refractivity (Wildman–Crippen MR) is 82.9 cm³/mol. The van der Waals surface area contributed by atoms with E-state index in [1.54, 1.807) is 18.2 Å². The zero-order chi connectivity index (χ0) is 14.6. The Morgan fingerprint density at radius 2 is 2.05 bits per heavy atom. The Morgan fingerprint density at radius 1 is 1.35 bits per heavy atom. The van der Waals surface area contributed by atoms with E-state index >= 15 is 0 Å². The Labute approximate surface area is 126 Å². The molecule has 5 heteroatoms. The average molecular weight is 316 g/mol. The van der Waals surface area contributed by atoms with Crippen molar-refractivity contribution in [2.24, 2.45) is 5.92 Å². The van der Waals surface area contributed by atoms with Crippen LogP contribution >= 0.6 is 11.6 Å². The van der Waals surface area contributed by atoms with Crippen LogP contribution in [-0.4, -0.2) is 26.8 Å². The Kier molecular flexibility index (Phi) is 5.47. The quantitative estimate of drug-likeness (QED) is 0.876. The Morgan fingerprint density at radius 3 is 2.65 bits per heavy atom. The van der Waals surface area contributed by atoms with Crippen molar-refractivity contribution in [2.75, 3.05) is 12.3 Å². The van der Waals surface area contributed by atoms with Gasteiger partial charge >= 0.3 is 0 Å². The standard InChI is InChI=1S/C15H22ClNO2S/c1-2-17-15(12-6-3-4-7-12)11-20(18,19)14-9-5-8-13(16)10-14/h5,8-10,12,15,17H,2-4,6-7,11H2,1H3. The fraction of sp³-hybridized carbons (Fsp3) is 0.600. The van der Waals surface area contributed by atoms with Crippen LogP contribution in [0.2, 0.25) is 5.02 Å². The van der Waals surface area contributed by atoms with Crippen molar-refractivity contribution < 1.29 is 8.42 Å². The van der Waals surface area contributed by atoms with Gasteiger partial charge in [-0.2, -0.15) is 0 Å². The number of nitrogens with one attached hydrogen (secondary N) is 1. The van der Waals surface area contributed by atoms with E-state index in [-0.39, 0.29) is 11.8 Å². The fourth-order valence-corrected chi connectivity index (χ4v) is 4.88. The molecule has 0 amide bonds. The maximum atomic E-state index is 12.5. The van der Waals surface area contributed by atoms with E-state index in [1.807, 2.05) is 6.92 Å². The molecule has 1 unspecified atom stereocenters. The van der Waals surface area contributed by atoms with Gasteiger partial charge in [0.25, 0.3) is 0 Å². The number of benzene rings is 1. The molecule has 0 radical (unpaired) electrons. The highest BCUT2D eigenvalue weighted by molar-refractivity contribution is 7.91. The molecule has 0 aromatic heterocycles. The normalized spacial score (nSPS) is 18.3. The van der Waals surface area contributed by atoms with Gasteiger partial charge in [-0.15, -0.1) is 0 Å². The lowest BCUT2D eigenvalue weighted by molar-refractivity contribution is 0.389. The molecule has 1 saturated carbocycles. The number of hydrogen-bond donors (Lipinski definition) is 1. The van der Waals surface area contributed by atoms with Crippen LogP contribution in [0.25, 0.3) is 0 Å². The molecule has 2 rings (SSSR count). The van der Waals surface area contributed by atoms with Gasteiger partial charge in [-0.1, -0.05) is 37.4 Å². The molecule has 0 spiro atoms. The van der Waals surface area contributed by atoms with Crippen LogP contribution < -0.4 is 5.32 Å². The highest BCUT2D eigenvalue weighted by Gasteiger charge is 2.29. The van der Waals surface area contributed by atoms with Gasteiger partial charge in [0.15, 0.2) is 9.84 Å². The van der Waals surface area contributed by atoms with E-state index in [0.29, 0.717) is 15.8 Å². The molecule has 1 aliphatic carbocycles. The molecule has 1 atom stereocenters. The van der Waals surface area contributed by atoms with Crippen LogP contribution in [0.3, 0.4) is 0 Å². The van der Waals surface area contributed by atoms with E-state index in [1.165, 1.54) is 18.9 Å². The summed E-state index contributed by atoms with van der Waals surface area (Å²) in [6.07, 6.45) is 4.68.